The summed E-state index contributed by atoms with van der Waals surface area (Å²) >= 11 is 0. The molecule has 23 heavy (non-hydrogen) atoms. The molecule has 0 amide bonds. The van der Waals surface area contributed by atoms with Gasteiger partial charge < -0.3 is 11.5 Å². The third-order valence-corrected chi connectivity index (χ3v) is 9.34. The molecule has 4 rings (SSSR count). The van der Waals surface area contributed by atoms with Crippen LogP contribution in [0.15, 0.2) is 0 Å². The summed E-state index contributed by atoms with van der Waals surface area (Å²) in [5.74, 6) is 4.81. The first kappa shape index (κ1) is 16.4. The molecule has 4 saturated carbocycles. The quantitative estimate of drug-likeness (QED) is 0.727. The zero-order valence-corrected chi connectivity index (χ0v) is 15.4. The Morgan fingerprint density at radius 1 is 0.826 bits per heavy atom. The molecule has 2 heteroatoms. The van der Waals surface area contributed by atoms with E-state index in [9.17, 15) is 0 Å². The Bertz CT molecular complexity index is 447. The van der Waals surface area contributed by atoms with Crippen molar-refractivity contribution >= 4 is 0 Å². The Balaban J connectivity index is 1.57. The van der Waals surface area contributed by atoms with E-state index in [0.717, 1.165) is 36.0 Å². The summed E-state index contributed by atoms with van der Waals surface area (Å²) < 4.78 is 0. The Kier molecular flexibility index (Phi) is 4.08. The Labute approximate surface area is 143 Å². The van der Waals surface area contributed by atoms with Crippen molar-refractivity contribution in [1.82, 2.24) is 0 Å². The predicted molar refractivity (Wildman–Crippen MR) is 96.6 cm³/mol. The van der Waals surface area contributed by atoms with Crippen LogP contribution in [0.3, 0.4) is 0 Å². The van der Waals surface area contributed by atoms with Crippen molar-refractivity contribution in [3.8, 4) is 0 Å². The highest BCUT2D eigenvalue weighted by molar-refractivity contribution is 5.08. The molecule has 0 aromatic rings. The molecule has 0 heterocycles. The molecule has 0 bridgehead atoms. The minimum Gasteiger partial charge on any atom is -0.316 e. The molecule has 4 aliphatic rings. The molecule has 4 aliphatic carbocycles. The number of rotatable bonds is 2. The van der Waals surface area contributed by atoms with E-state index in [1.165, 1.54) is 64.2 Å². The monoisotopic (exact) mass is 318 g/mol. The lowest BCUT2D eigenvalue weighted by atomic mass is 9.45. The van der Waals surface area contributed by atoms with Gasteiger partial charge in [0.15, 0.2) is 0 Å². The minimum atomic E-state index is -0.111. The molecule has 0 radical (unpaired) electrons. The van der Waals surface area contributed by atoms with E-state index >= 15 is 0 Å². The van der Waals surface area contributed by atoms with Gasteiger partial charge in [0, 0.05) is 0 Å². The summed E-state index contributed by atoms with van der Waals surface area (Å²) in [7, 11) is 0. The van der Waals surface area contributed by atoms with E-state index in [-0.39, 0.29) is 6.17 Å². The van der Waals surface area contributed by atoms with E-state index < -0.39 is 0 Å². The highest BCUT2D eigenvalue weighted by atomic mass is 14.8. The molecule has 2 nitrogen and oxygen atoms in total. The molecule has 0 aromatic heterocycles. The van der Waals surface area contributed by atoms with Gasteiger partial charge in [0.1, 0.15) is 0 Å². The predicted octanol–water partition coefficient (Wildman–Crippen LogP) is 4.67. The average Bonchev–Trinajstić information content (AvgIpc) is 2.83. The van der Waals surface area contributed by atoms with Gasteiger partial charge in [-0.3, -0.25) is 0 Å². The zero-order chi connectivity index (χ0) is 16.2. The van der Waals surface area contributed by atoms with Crippen molar-refractivity contribution in [3.63, 3.8) is 0 Å². The largest absolute Gasteiger partial charge is 0.316 e. The maximum Gasteiger partial charge on any atom is 0.0523 e. The van der Waals surface area contributed by atoms with Gasteiger partial charge in [-0.2, -0.15) is 0 Å². The molecule has 4 N–H and O–H groups in total. The van der Waals surface area contributed by atoms with Crippen LogP contribution in [-0.4, -0.2) is 6.17 Å². The standard InChI is InChI=1S/C21H38N2/c1-20-11-4-3-5-14(20)6-8-16-17-9-7-15(13-19(22)23)21(17,2)12-10-18(16)20/h14-19H,3-13,22-23H2,1-2H3/t14?,15-,16+,17+,18+,20+,21-/m1/s1. The molecular weight excluding hydrogens is 280 g/mol. The first-order valence-electron chi connectivity index (χ1n) is 10.5. The lowest BCUT2D eigenvalue weighted by Crippen LogP contribution is -2.53. The molecule has 0 saturated heterocycles. The maximum atomic E-state index is 5.97. The van der Waals surface area contributed by atoms with Crippen LogP contribution in [0.1, 0.15) is 84.5 Å². The molecule has 0 aliphatic heterocycles. The highest BCUT2D eigenvalue weighted by Crippen LogP contribution is 2.67. The third-order valence-electron chi connectivity index (χ3n) is 9.34. The maximum absolute atomic E-state index is 5.97. The van der Waals surface area contributed by atoms with Crippen molar-refractivity contribution < 1.29 is 0 Å². The van der Waals surface area contributed by atoms with Crippen LogP contribution in [0, 0.1) is 40.4 Å². The molecule has 7 atom stereocenters. The molecule has 1 unspecified atom stereocenters. The van der Waals surface area contributed by atoms with Crippen molar-refractivity contribution in [2.75, 3.05) is 0 Å². The number of hydrogen-bond acceptors (Lipinski definition) is 2. The highest BCUT2D eigenvalue weighted by Gasteiger charge is 2.59. The van der Waals surface area contributed by atoms with Crippen molar-refractivity contribution in [2.45, 2.75) is 90.6 Å². The normalized spacial score (nSPS) is 52.8. The summed E-state index contributed by atoms with van der Waals surface area (Å²) in [5.41, 5.74) is 13.2. The summed E-state index contributed by atoms with van der Waals surface area (Å²) in [6.45, 7) is 5.28. The van der Waals surface area contributed by atoms with Crippen LogP contribution in [0.25, 0.3) is 0 Å². The van der Waals surface area contributed by atoms with E-state index in [1.807, 2.05) is 0 Å². The van der Waals surface area contributed by atoms with Crippen LogP contribution in [0.5, 0.6) is 0 Å². The molecule has 4 fully saturated rings. The van der Waals surface area contributed by atoms with Gasteiger partial charge in [-0.25, -0.2) is 0 Å². The second-order valence-corrected chi connectivity index (χ2v) is 10.1. The molecule has 0 aromatic carbocycles. The number of fused-ring (bicyclic) bond motifs is 5. The summed E-state index contributed by atoms with van der Waals surface area (Å²) in [6.07, 6.45) is 15.8. The minimum absolute atomic E-state index is 0.111. The van der Waals surface area contributed by atoms with Gasteiger partial charge in [-0.1, -0.05) is 26.7 Å². The van der Waals surface area contributed by atoms with Crippen molar-refractivity contribution in [2.24, 2.45) is 51.9 Å². The Hall–Kier alpha value is -0.0800. The second-order valence-electron chi connectivity index (χ2n) is 10.1. The fourth-order valence-electron chi connectivity index (χ4n) is 8.12. The van der Waals surface area contributed by atoms with Gasteiger partial charge in [0.05, 0.1) is 6.17 Å². The third kappa shape index (κ3) is 2.42. The van der Waals surface area contributed by atoms with E-state index in [4.69, 9.17) is 11.5 Å². The molecular formula is C21H38N2. The van der Waals surface area contributed by atoms with E-state index in [0.29, 0.717) is 10.8 Å². The van der Waals surface area contributed by atoms with Gasteiger partial charge in [-0.05, 0) is 98.2 Å². The van der Waals surface area contributed by atoms with Gasteiger partial charge >= 0.3 is 0 Å². The summed E-state index contributed by atoms with van der Waals surface area (Å²) in [6, 6.07) is 0. The zero-order valence-electron chi connectivity index (χ0n) is 15.4. The SMILES string of the molecule is C[C@]12CC[C@H]3[C@@H](CCC4CCCC[C@@]43C)[C@@H]1CC[C@@H]2CC(N)N. The van der Waals surface area contributed by atoms with Crippen molar-refractivity contribution in [1.29, 1.82) is 0 Å². The number of nitrogens with two attached hydrogens (primary N) is 2. The fourth-order valence-corrected chi connectivity index (χ4v) is 8.12. The fraction of sp³-hybridized carbons (Fsp3) is 1.00. The molecule has 0 spiro atoms. The van der Waals surface area contributed by atoms with Crippen LogP contribution >= 0.6 is 0 Å². The lowest BCUT2D eigenvalue weighted by Gasteiger charge is -2.60. The molecule has 132 valence electrons. The first-order valence-corrected chi connectivity index (χ1v) is 10.5. The second kappa shape index (κ2) is 5.73. The van der Waals surface area contributed by atoms with E-state index in [1.54, 1.807) is 0 Å². The first-order chi connectivity index (χ1) is 10.9. The number of hydrogen-bond donors (Lipinski definition) is 2. The average molecular weight is 319 g/mol. The van der Waals surface area contributed by atoms with E-state index in [2.05, 4.69) is 13.8 Å². The van der Waals surface area contributed by atoms with Crippen LogP contribution in [0.4, 0.5) is 0 Å². The summed E-state index contributed by atoms with van der Waals surface area (Å²) in [4.78, 5) is 0. The van der Waals surface area contributed by atoms with Gasteiger partial charge in [-0.15, -0.1) is 0 Å². The Morgan fingerprint density at radius 3 is 2.39 bits per heavy atom. The van der Waals surface area contributed by atoms with Crippen LogP contribution in [-0.2, 0) is 0 Å². The topological polar surface area (TPSA) is 52.0 Å². The van der Waals surface area contributed by atoms with Crippen molar-refractivity contribution in [3.05, 3.63) is 0 Å². The van der Waals surface area contributed by atoms with Gasteiger partial charge in [0.2, 0.25) is 0 Å². The summed E-state index contributed by atoms with van der Waals surface area (Å²) in [5, 5.41) is 0. The van der Waals surface area contributed by atoms with Crippen LogP contribution in [0.2, 0.25) is 0 Å². The lowest BCUT2D eigenvalue weighted by molar-refractivity contribution is -0.111. The smallest absolute Gasteiger partial charge is 0.0523 e. The van der Waals surface area contributed by atoms with Crippen LogP contribution < -0.4 is 11.5 Å². The van der Waals surface area contributed by atoms with Gasteiger partial charge in [0.25, 0.3) is 0 Å². The Morgan fingerprint density at radius 2 is 1.61 bits per heavy atom.